The molecule has 1 atom stereocenters. The van der Waals surface area contributed by atoms with Crippen LogP contribution in [0.5, 0.6) is 0 Å². The Hall–Kier alpha value is -2.41. The second kappa shape index (κ2) is 10.8. The summed E-state index contributed by atoms with van der Waals surface area (Å²) in [6.45, 7) is 6.97. The van der Waals surface area contributed by atoms with Gasteiger partial charge in [-0.15, -0.1) is 0 Å². The van der Waals surface area contributed by atoms with Crippen molar-refractivity contribution in [1.82, 2.24) is 20.0 Å². The minimum absolute atomic E-state index is 0.0652. The summed E-state index contributed by atoms with van der Waals surface area (Å²) in [5, 5.41) is 13.4. The second-order valence-corrected chi connectivity index (χ2v) is 8.70. The molecule has 1 fully saturated rings. The number of urea groups is 1. The third-order valence-corrected chi connectivity index (χ3v) is 6.29. The molecule has 166 valence electrons. The number of rotatable bonds is 6. The first kappa shape index (κ1) is 21.8. The average Bonchev–Trinajstić information content (AvgIpc) is 3.04. The molecule has 0 radical (unpaired) electrons. The minimum Gasteiger partial charge on any atom is -0.390 e. The summed E-state index contributed by atoms with van der Waals surface area (Å²) in [4.78, 5) is 19.2. The van der Waals surface area contributed by atoms with Crippen molar-refractivity contribution in [2.24, 2.45) is 0 Å². The fraction of sp³-hybridized carbons (Fsp3) is 0.480. The van der Waals surface area contributed by atoms with Crippen LogP contribution in [0.3, 0.4) is 0 Å². The van der Waals surface area contributed by atoms with Gasteiger partial charge in [0.15, 0.2) is 0 Å². The summed E-state index contributed by atoms with van der Waals surface area (Å²) in [5.41, 5.74) is 4.06. The Morgan fingerprint density at radius 2 is 1.68 bits per heavy atom. The summed E-state index contributed by atoms with van der Waals surface area (Å²) < 4.78 is 0. The molecule has 4 rings (SSSR count). The molecule has 1 saturated heterocycles. The molecular formula is C25H34N4O2. The zero-order valence-corrected chi connectivity index (χ0v) is 18.2. The Bertz CT molecular complexity index is 844. The number of β-amino-alcohol motifs (C(OH)–C–C–N with tert-alkyl or cyclic N) is 1. The van der Waals surface area contributed by atoms with Gasteiger partial charge in [-0.25, -0.2) is 4.79 Å². The number of aliphatic hydroxyl groups excluding tert-OH is 1. The first-order valence-corrected chi connectivity index (χ1v) is 11.4. The van der Waals surface area contributed by atoms with Gasteiger partial charge >= 0.3 is 6.03 Å². The lowest BCUT2D eigenvalue weighted by Gasteiger charge is -2.30. The SMILES string of the molecule is O=C(NCC(O)CN1CCc2ccccc2C1)N1CCCN(Cc2ccccc2)CC1. The van der Waals surface area contributed by atoms with Crippen LogP contribution in [0.4, 0.5) is 4.79 Å². The topological polar surface area (TPSA) is 59.1 Å². The Morgan fingerprint density at radius 1 is 0.903 bits per heavy atom. The molecule has 0 bridgehead atoms. The van der Waals surface area contributed by atoms with E-state index < -0.39 is 6.10 Å². The van der Waals surface area contributed by atoms with Crippen molar-refractivity contribution >= 4 is 6.03 Å². The van der Waals surface area contributed by atoms with E-state index in [0.29, 0.717) is 13.1 Å². The lowest BCUT2D eigenvalue weighted by atomic mass is 10.00. The van der Waals surface area contributed by atoms with Crippen LogP contribution in [0.1, 0.15) is 23.1 Å². The first-order valence-electron chi connectivity index (χ1n) is 11.4. The number of hydrogen-bond acceptors (Lipinski definition) is 4. The van der Waals surface area contributed by atoms with E-state index in [4.69, 9.17) is 0 Å². The van der Waals surface area contributed by atoms with E-state index in [1.165, 1.54) is 16.7 Å². The number of amides is 2. The number of nitrogens with zero attached hydrogens (tertiary/aromatic N) is 3. The highest BCUT2D eigenvalue weighted by Crippen LogP contribution is 2.18. The molecular weight excluding hydrogens is 388 g/mol. The van der Waals surface area contributed by atoms with Crippen molar-refractivity contribution in [3.63, 3.8) is 0 Å². The largest absolute Gasteiger partial charge is 0.390 e. The van der Waals surface area contributed by atoms with Gasteiger partial charge in [-0.2, -0.15) is 0 Å². The van der Waals surface area contributed by atoms with Crippen molar-refractivity contribution in [2.45, 2.75) is 32.0 Å². The lowest BCUT2D eigenvalue weighted by Crippen LogP contribution is -2.47. The Labute approximate surface area is 185 Å². The summed E-state index contributed by atoms with van der Waals surface area (Å²) >= 11 is 0. The number of fused-ring (bicyclic) bond motifs is 1. The monoisotopic (exact) mass is 422 g/mol. The van der Waals surface area contributed by atoms with E-state index in [1.807, 2.05) is 11.0 Å². The number of nitrogens with one attached hydrogen (secondary N) is 1. The zero-order valence-electron chi connectivity index (χ0n) is 18.2. The molecule has 6 heteroatoms. The summed E-state index contributed by atoms with van der Waals surface area (Å²) in [6, 6.07) is 18.9. The van der Waals surface area contributed by atoms with E-state index in [-0.39, 0.29) is 6.03 Å². The molecule has 2 aromatic rings. The number of benzene rings is 2. The van der Waals surface area contributed by atoms with Gasteiger partial charge < -0.3 is 15.3 Å². The van der Waals surface area contributed by atoms with Crippen molar-refractivity contribution in [3.8, 4) is 0 Å². The van der Waals surface area contributed by atoms with Gasteiger partial charge in [0.2, 0.25) is 0 Å². The number of carbonyl (C=O) groups is 1. The van der Waals surface area contributed by atoms with Crippen LogP contribution in [0.25, 0.3) is 0 Å². The third-order valence-electron chi connectivity index (χ3n) is 6.29. The van der Waals surface area contributed by atoms with E-state index in [1.54, 1.807) is 0 Å². The van der Waals surface area contributed by atoms with Crippen LogP contribution >= 0.6 is 0 Å². The molecule has 2 heterocycles. The maximum atomic E-state index is 12.6. The van der Waals surface area contributed by atoms with Crippen LogP contribution in [0, 0.1) is 0 Å². The second-order valence-electron chi connectivity index (χ2n) is 8.70. The third kappa shape index (κ3) is 6.29. The molecule has 0 aliphatic carbocycles. The van der Waals surface area contributed by atoms with Gasteiger partial charge in [-0.05, 0) is 29.5 Å². The average molecular weight is 423 g/mol. The van der Waals surface area contributed by atoms with Gasteiger partial charge in [0, 0.05) is 58.9 Å². The maximum absolute atomic E-state index is 12.6. The number of carbonyl (C=O) groups excluding carboxylic acids is 1. The van der Waals surface area contributed by atoms with Gasteiger partial charge in [0.25, 0.3) is 0 Å². The van der Waals surface area contributed by atoms with E-state index in [2.05, 4.69) is 63.6 Å². The normalized spacial score (nSPS) is 18.8. The van der Waals surface area contributed by atoms with Crippen molar-refractivity contribution in [1.29, 1.82) is 0 Å². The van der Waals surface area contributed by atoms with Gasteiger partial charge in [0.05, 0.1) is 6.10 Å². The molecule has 2 amide bonds. The Kier molecular flexibility index (Phi) is 7.57. The summed E-state index contributed by atoms with van der Waals surface area (Å²) in [7, 11) is 0. The van der Waals surface area contributed by atoms with E-state index >= 15 is 0 Å². The summed E-state index contributed by atoms with van der Waals surface area (Å²) in [6.07, 6.45) is 1.43. The molecule has 1 unspecified atom stereocenters. The van der Waals surface area contributed by atoms with Gasteiger partial charge in [0.1, 0.15) is 0 Å². The molecule has 2 aliphatic rings. The first-order chi connectivity index (χ1) is 15.2. The molecule has 0 spiro atoms. The van der Waals surface area contributed by atoms with Gasteiger partial charge in [-0.1, -0.05) is 54.6 Å². The molecule has 31 heavy (non-hydrogen) atoms. The van der Waals surface area contributed by atoms with Crippen molar-refractivity contribution < 1.29 is 9.90 Å². The quantitative estimate of drug-likeness (QED) is 0.750. The molecule has 0 aromatic heterocycles. The minimum atomic E-state index is -0.559. The van der Waals surface area contributed by atoms with Crippen LogP contribution in [-0.2, 0) is 19.5 Å². The smallest absolute Gasteiger partial charge is 0.317 e. The highest BCUT2D eigenvalue weighted by atomic mass is 16.3. The van der Waals surface area contributed by atoms with Crippen LogP contribution in [0.15, 0.2) is 54.6 Å². The zero-order chi connectivity index (χ0) is 21.5. The fourth-order valence-electron chi connectivity index (χ4n) is 4.56. The van der Waals surface area contributed by atoms with Gasteiger partial charge in [-0.3, -0.25) is 9.80 Å². The van der Waals surface area contributed by atoms with Crippen molar-refractivity contribution in [2.75, 3.05) is 45.8 Å². The van der Waals surface area contributed by atoms with E-state index in [9.17, 15) is 9.90 Å². The lowest BCUT2D eigenvalue weighted by molar-refractivity contribution is 0.103. The predicted molar refractivity (Wildman–Crippen MR) is 123 cm³/mol. The molecule has 0 saturated carbocycles. The molecule has 2 aromatic carbocycles. The molecule has 2 aliphatic heterocycles. The number of aliphatic hydroxyl groups is 1. The van der Waals surface area contributed by atoms with Crippen LogP contribution in [-0.4, -0.2) is 77.8 Å². The predicted octanol–water partition coefficient (Wildman–Crippen LogP) is 2.32. The van der Waals surface area contributed by atoms with Crippen molar-refractivity contribution in [3.05, 3.63) is 71.3 Å². The maximum Gasteiger partial charge on any atom is 0.317 e. The molecule has 6 nitrogen and oxygen atoms in total. The Morgan fingerprint density at radius 3 is 2.52 bits per heavy atom. The molecule has 2 N–H and O–H groups in total. The summed E-state index contributed by atoms with van der Waals surface area (Å²) in [5.74, 6) is 0. The van der Waals surface area contributed by atoms with Crippen LogP contribution < -0.4 is 5.32 Å². The standard InChI is InChI=1S/C25H34N4O2/c30-24(20-28-14-11-22-9-4-5-10-23(22)19-28)17-26-25(31)29-13-6-12-27(15-16-29)18-21-7-2-1-3-8-21/h1-5,7-10,24,30H,6,11-20H2,(H,26,31). The van der Waals surface area contributed by atoms with E-state index in [0.717, 1.165) is 58.7 Å². The Balaban J connectivity index is 1.18. The highest BCUT2D eigenvalue weighted by molar-refractivity contribution is 5.74. The fourth-order valence-corrected chi connectivity index (χ4v) is 4.56. The number of hydrogen-bond donors (Lipinski definition) is 2. The van der Waals surface area contributed by atoms with Crippen LogP contribution in [0.2, 0.25) is 0 Å². The highest BCUT2D eigenvalue weighted by Gasteiger charge is 2.21.